The van der Waals surface area contributed by atoms with Crippen LogP contribution in [0.5, 0.6) is 0 Å². The molecule has 104 valence electrons. The maximum absolute atomic E-state index is 12.0. The van der Waals surface area contributed by atoms with E-state index in [1.54, 1.807) is 7.11 Å². The largest absolute Gasteiger partial charge is 0.395 e. The van der Waals surface area contributed by atoms with Gasteiger partial charge in [-0.25, -0.2) is 0 Å². The first-order valence-electron chi connectivity index (χ1n) is 6.13. The monoisotopic (exact) mass is 281 g/mol. The van der Waals surface area contributed by atoms with E-state index in [0.29, 0.717) is 24.4 Å². The lowest BCUT2D eigenvalue weighted by Crippen LogP contribution is -2.29. The summed E-state index contributed by atoms with van der Waals surface area (Å²) in [5.74, 6) is 5.90. The topological polar surface area (TPSA) is 58.6 Å². The van der Waals surface area contributed by atoms with Crippen LogP contribution >= 0.6 is 11.3 Å². The fourth-order valence-electron chi connectivity index (χ4n) is 1.49. The third-order valence-electron chi connectivity index (χ3n) is 2.39. The van der Waals surface area contributed by atoms with Gasteiger partial charge < -0.3 is 15.2 Å². The fourth-order valence-corrected chi connectivity index (χ4v) is 2.25. The van der Waals surface area contributed by atoms with Gasteiger partial charge in [0.25, 0.3) is 5.91 Å². The number of aliphatic hydroxyl groups is 1. The summed E-state index contributed by atoms with van der Waals surface area (Å²) in [4.78, 5) is 12.6. The van der Waals surface area contributed by atoms with Crippen LogP contribution in [0.15, 0.2) is 11.4 Å². The van der Waals surface area contributed by atoms with Crippen molar-refractivity contribution < 1.29 is 14.6 Å². The molecule has 0 saturated carbocycles. The smallest absolute Gasteiger partial charge is 0.262 e. The lowest BCUT2D eigenvalue weighted by Gasteiger charge is -2.10. The molecule has 0 aliphatic heterocycles. The van der Waals surface area contributed by atoms with Gasteiger partial charge in [-0.2, -0.15) is 0 Å². The van der Waals surface area contributed by atoms with Gasteiger partial charge in [0.1, 0.15) is 4.88 Å². The summed E-state index contributed by atoms with van der Waals surface area (Å²) in [6.07, 6.45) is 0.418. The number of methoxy groups -OCH3 is 1. The molecule has 1 amide bonds. The predicted octanol–water partition coefficient (Wildman–Crippen LogP) is 1.49. The number of nitrogens with one attached hydrogen (secondary N) is 1. The summed E-state index contributed by atoms with van der Waals surface area (Å²) >= 11 is 1.37. The maximum Gasteiger partial charge on any atom is 0.262 e. The van der Waals surface area contributed by atoms with Crippen molar-refractivity contribution in [3.63, 3.8) is 0 Å². The Bertz CT molecular complexity index is 459. The molecule has 0 radical (unpaired) electrons. The van der Waals surface area contributed by atoms with Crippen molar-refractivity contribution in [2.45, 2.75) is 13.3 Å². The van der Waals surface area contributed by atoms with Crippen LogP contribution in [0, 0.1) is 17.8 Å². The second kappa shape index (κ2) is 8.70. The van der Waals surface area contributed by atoms with Gasteiger partial charge in [-0.15, -0.1) is 11.3 Å². The number of carbonyl (C=O) groups excluding carboxylic acids is 1. The zero-order chi connectivity index (χ0) is 14.1. The summed E-state index contributed by atoms with van der Waals surface area (Å²) < 4.78 is 5.02. The van der Waals surface area contributed by atoms with E-state index < -0.39 is 0 Å². The van der Waals surface area contributed by atoms with Gasteiger partial charge in [-0.05, 0) is 17.4 Å². The van der Waals surface area contributed by atoms with Crippen LogP contribution < -0.4 is 5.32 Å². The van der Waals surface area contributed by atoms with E-state index in [4.69, 9.17) is 9.84 Å². The van der Waals surface area contributed by atoms with Gasteiger partial charge in [-0.3, -0.25) is 4.79 Å². The van der Waals surface area contributed by atoms with Crippen LogP contribution in [0.25, 0.3) is 0 Å². The van der Waals surface area contributed by atoms with E-state index in [2.05, 4.69) is 17.2 Å². The third-order valence-corrected chi connectivity index (χ3v) is 3.31. The highest BCUT2D eigenvalue weighted by atomic mass is 32.1. The molecule has 1 atom stereocenters. The lowest BCUT2D eigenvalue weighted by atomic mass is 10.2. The number of rotatable bonds is 6. The van der Waals surface area contributed by atoms with E-state index in [-0.39, 0.29) is 18.4 Å². The molecule has 0 saturated heterocycles. The highest BCUT2D eigenvalue weighted by Crippen LogP contribution is 2.15. The molecule has 2 N–H and O–H groups in total. The zero-order valence-electron chi connectivity index (χ0n) is 11.2. The number of hydrogen-bond acceptors (Lipinski definition) is 4. The quantitative estimate of drug-likeness (QED) is 0.777. The number of amides is 1. The van der Waals surface area contributed by atoms with Crippen LogP contribution in [-0.4, -0.2) is 37.9 Å². The van der Waals surface area contributed by atoms with Gasteiger partial charge >= 0.3 is 0 Å². The molecule has 1 unspecified atom stereocenters. The van der Waals surface area contributed by atoms with Gasteiger partial charge in [-0.1, -0.05) is 18.8 Å². The van der Waals surface area contributed by atoms with Crippen molar-refractivity contribution in [1.82, 2.24) is 5.32 Å². The lowest BCUT2D eigenvalue weighted by molar-refractivity contribution is 0.0938. The molecule has 1 heterocycles. The van der Waals surface area contributed by atoms with Crippen molar-refractivity contribution in [3.8, 4) is 11.8 Å². The molecule has 4 nitrogen and oxygen atoms in total. The number of hydrogen-bond donors (Lipinski definition) is 2. The minimum atomic E-state index is -0.105. The summed E-state index contributed by atoms with van der Waals surface area (Å²) in [5.41, 5.74) is 0.718. The minimum absolute atomic E-state index is 0.0349. The molecule has 0 aromatic carbocycles. The first kappa shape index (κ1) is 15.7. The van der Waals surface area contributed by atoms with Crippen molar-refractivity contribution in [1.29, 1.82) is 0 Å². The Morgan fingerprint density at radius 3 is 3.11 bits per heavy atom. The Balaban J connectivity index is 2.58. The Hall–Kier alpha value is -1.35. The number of carbonyl (C=O) groups is 1. The van der Waals surface area contributed by atoms with Crippen LogP contribution in [0.3, 0.4) is 0 Å². The number of aliphatic hydroxyl groups excluding tert-OH is 1. The second-order valence-corrected chi connectivity index (χ2v) is 5.13. The van der Waals surface area contributed by atoms with Crippen molar-refractivity contribution in [2.24, 2.45) is 5.92 Å². The number of thiophene rings is 1. The van der Waals surface area contributed by atoms with E-state index in [9.17, 15) is 4.79 Å². The zero-order valence-corrected chi connectivity index (χ0v) is 12.0. The molecule has 0 aliphatic carbocycles. The SMILES string of the molecule is COCC(C)CNC(=O)c1sccc1C#CCCO. The predicted molar refractivity (Wildman–Crippen MR) is 76.3 cm³/mol. The molecule has 19 heavy (non-hydrogen) atoms. The molecule has 1 aromatic heterocycles. The maximum atomic E-state index is 12.0. The van der Waals surface area contributed by atoms with Crippen molar-refractivity contribution in [2.75, 3.05) is 26.9 Å². The molecule has 1 rings (SSSR count). The molecular formula is C14H19NO3S. The van der Waals surface area contributed by atoms with Crippen molar-refractivity contribution in [3.05, 3.63) is 21.9 Å². The standard InChI is InChI=1S/C14H19NO3S/c1-11(10-18-2)9-15-14(17)13-12(6-8-19-13)5-3-4-7-16/h6,8,11,16H,4,7,9-10H2,1-2H3,(H,15,17). The fraction of sp³-hybridized carbons (Fsp3) is 0.500. The summed E-state index contributed by atoms with van der Waals surface area (Å²) in [7, 11) is 1.65. The van der Waals surface area contributed by atoms with Crippen LogP contribution in [0.2, 0.25) is 0 Å². The molecule has 0 aliphatic rings. The Morgan fingerprint density at radius 2 is 2.42 bits per heavy atom. The van der Waals surface area contributed by atoms with Gasteiger partial charge in [0, 0.05) is 25.6 Å². The average molecular weight is 281 g/mol. The number of ether oxygens (including phenoxy) is 1. The summed E-state index contributed by atoms with van der Waals surface area (Å²) in [6.45, 7) is 3.25. The van der Waals surface area contributed by atoms with Crippen LogP contribution in [-0.2, 0) is 4.74 Å². The van der Waals surface area contributed by atoms with Crippen LogP contribution in [0.1, 0.15) is 28.6 Å². The first-order chi connectivity index (χ1) is 9.19. The van der Waals surface area contributed by atoms with Crippen molar-refractivity contribution >= 4 is 17.2 Å². The van der Waals surface area contributed by atoms with E-state index >= 15 is 0 Å². The molecular weight excluding hydrogens is 262 g/mol. The second-order valence-electron chi connectivity index (χ2n) is 4.21. The summed E-state index contributed by atoms with van der Waals surface area (Å²) in [5, 5.41) is 13.4. The first-order valence-corrected chi connectivity index (χ1v) is 7.01. The third kappa shape index (κ3) is 5.43. The highest BCUT2D eigenvalue weighted by Gasteiger charge is 2.12. The van der Waals surface area contributed by atoms with Gasteiger partial charge in [0.05, 0.1) is 13.2 Å². The Kier molecular flexibility index (Phi) is 7.19. The van der Waals surface area contributed by atoms with E-state index in [0.717, 1.165) is 5.56 Å². The summed E-state index contributed by atoms with van der Waals surface area (Å²) in [6, 6.07) is 1.82. The van der Waals surface area contributed by atoms with Gasteiger partial charge in [0.2, 0.25) is 0 Å². The Morgan fingerprint density at radius 1 is 1.63 bits per heavy atom. The minimum Gasteiger partial charge on any atom is -0.395 e. The average Bonchev–Trinajstić information content (AvgIpc) is 2.85. The normalized spacial score (nSPS) is 11.5. The molecule has 0 bridgehead atoms. The van der Waals surface area contributed by atoms with Gasteiger partial charge in [0.15, 0.2) is 0 Å². The molecule has 0 fully saturated rings. The Labute approximate surface area is 117 Å². The van der Waals surface area contributed by atoms with E-state index in [1.165, 1.54) is 11.3 Å². The molecule has 0 spiro atoms. The van der Waals surface area contributed by atoms with E-state index in [1.807, 2.05) is 18.4 Å². The molecule has 5 heteroatoms. The van der Waals surface area contributed by atoms with Crippen LogP contribution in [0.4, 0.5) is 0 Å². The highest BCUT2D eigenvalue weighted by molar-refractivity contribution is 7.12. The molecule has 1 aromatic rings.